The second kappa shape index (κ2) is 8.90. The average Bonchev–Trinajstić information content (AvgIpc) is 3.24. The summed E-state index contributed by atoms with van der Waals surface area (Å²) in [5.41, 5.74) is 3.23. The van der Waals surface area contributed by atoms with Gasteiger partial charge in [0.15, 0.2) is 0 Å². The molecule has 0 saturated carbocycles. The summed E-state index contributed by atoms with van der Waals surface area (Å²) in [6, 6.07) is 0.0108. The summed E-state index contributed by atoms with van der Waals surface area (Å²) in [5.74, 6) is 1.96. The Bertz CT molecular complexity index is 863. The summed E-state index contributed by atoms with van der Waals surface area (Å²) in [6.45, 7) is 11.0. The Morgan fingerprint density at radius 1 is 1.28 bits per heavy atom. The van der Waals surface area contributed by atoms with Gasteiger partial charge in [-0.05, 0) is 46.3 Å². The van der Waals surface area contributed by atoms with Crippen molar-refractivity contribution in [3.8, 4) is 0 Å². The number of hydrogen-bond acceptors (Lipinski definition) is 6. The van der Waals surface area contributed by atoms with E-state index in [1.165, 1.54) is 0 Å². The van der Waals surface area contributed by atoms with Crippen molar-refractivity contribution in [1.29, 1.82) is 0 Å². The smallest absolute Gasteiger partial charge is 0.234 e. The van der Waals surface area contributed by atoms with Crippen molar-refractivity contribution in [1.82, 2.24) is 30.0 Å². The standard InChI is InChI=1S/C21H33N7O/c1-7-8-26(5)13-20(29)25-19-12-28(11-18(19)17-9-22-27(6)10-17)21-14(2)15(3)23-16(4)24-21/h9-10,18-19H,7-8,11-13H2,1-6H3,(H,25,29)/t18-,19+/m0/s1. The van der Waals surface area contributed by atoms with Gasteiger partial charge >= 0.3 is 0 Å². The minimum atomic E-state index is 0.0108. The molecular weight excluding hydrogens is 366 g/mol. The first-order valence-corrected chi connectivity index (χ1v) is 10.3. The fraction of sp³-hybridized carbons (Fsp3) is 0.619. The highest BCUT2D eigenvalue weighted by atomic mass is 16.2. The minimum Gasteiger partial charge on any atom is -0.354 e. The van der Waals surface area contributed by atoms with Gasteiger partial charge < -0.3 is 10.2 Å². The topological polar surface area (TPSA) is 79.2 Å². The van der Waals surface area contributed by atoms with Crippen LogP contribution in [-0.2, 0) is 11.8 Å². The lowest BCUT2D eigenvalue weighted by Gasteiger charge is -2.22. The zero-order valence-corrected chi connectivity index (χ0v) is 18.4. The molecule has 1 N–H and O–H groups in total. The van der Waals surface area contributed by atoms with Crippen LogP contribution in [-0.4, -0.2) is 69.8 Å². The van der Waals surface area contributed by atoms with Crippen molar-refractivity contribution in [2.75, 3.05) is 38.1 Å². The molecule has 0 aromatic carbocycles. The fourth-order valence-corrected chi connectivity index (χ4v) is 4.11. The fourth-order valence-electron chi connectivity index (χ4n) is 4.11. The lowest BCUT2D eigenvalue weighted by atomic mass is 9.97. The molecule has 1 saturated heterocycles. The van der Waals surface area contributed by atoms with Crippen LogP contribution in [0.25, 0.3) is 0 Å². The number of carbonyl (C=O) groups excluding carboxylic acids is 1. The molecule has 29 heavy (non-hydrogen) atoms. The molecule has 158 valence electrons. The zero-order valence-electron chi connectivity index (χ0n) is 18.4. The van der Waals surface area contributed by atoms with E-state index in [1.807, 2.05) is 45.0 Å². The molecule has 8 nitrogen and oxygen atoms in total. The number of aromatic nitrogens is 4. The van der Waals surface area contributed by atoms with Crippen molar-refractivity contribution in [3.63, 3.8) is 0 Å². The summed E-state index contributed by atoms with van der Waals surface area (Å²) in [5, 5.41) is 7.61. The van der Waals surface area contributed by atoms with Crippen LogP contribution in [0.5, 0.6) is 0 Å². The van der Waals surface area contributed by atoms with Gasteiger partial charge in [0.1, 0.15) is 11.6 Å². The zero-order chi connectivity index (χ0) is 21.1. The molecule has 8 heteroatoms. The summed E-state index contributed by atoms with van der Waals surface area (Å²) in [7, 11) is 3.91. The molecule has 0 bridgehead atoms. The van der Waals surface area contributed by atoms with Crippen LogP contribution < -0.4 is 10.2 Å². The van der Waals surface area contributed by atoms with Gasteiger partial charge in [0.25, 0.3) is 0 Å². The maximum Gasteiger partial charge on any atom is 0.234 e. The van der Waals surface area contributed by atoms with Gasteiger partial charge in [-0.15, -0.1) is 0 Å². The van der Waals surface area contributed by atoms with Crippen LogP contribution in [0.3, 0.4) is 0 Å². The highest BCUT2D eigenvalue weighted by molar-refractivity contribution is 5.78. The van der Waals surface area contributed by atoms with Gasteiger partial charge in [-0.1, -0.05) is 6.92 Å². The van der Waals surface area contributed by atoms with Crippen molar-refractivity contribution in [2.45, 2.75) is 46.1 Å². The maximum absolute atomic E-state index is 12.7. The van der Waals surface area contributed by atoms with Gasteiger partial charge in [-0.25, -0.2) is 9.97 Å². The number of amides is 1. The Kier molecular flexibility index (Phi) is 6.52. The molecular formula is C21H33N7O. The van der Waals surface area contributed by atoms with Crippen LogP contribution in [0.15, 0.2) is 12.4 Å². The molecule has 1 aliphatic rings. The molecule has 2 atom stereocenters. The number of likely N-dealkylation sites (N-methyl/N-ethyl adjacent to an activating group) is 1. The van der Waals surface area contributed by atoms with Crippen LogP contribution in [0, 0.1) is 20.8 Å². The average molecular weight is 400 g/mol. The van der Waals surface area contributed by atoms with Crippen molar-refractivity contribution >= 4 is 11.7 Å². The lowest BCUT2D eigenvalue weighted by Crippen LogP contribution is -2.44. The SMILES string of the molecule is CCCN(C)CC(=O)N[C@@H]1CN(c2nc(C)nc(C)c2C)C[C@H]1c1cnn(C)c1. The molecule has 2 aromatic heterocycles. The Morgan fingerprint density at radius 3 is 2.69 bits per heavy atom. The highest BCUT2D eigenvalue weighted by Crippen LogP contribution is 2.32. The van der Waals surface area contributed by atoms with Crippen LogP contribution >= 0.6 is 0 Å². The molecule has 1 amide bonds. The van der Waals surface area contributed by atoms with Crippen molar-refractivity contribution in [3.05, 3.63) is 35.0 Å². The van der Waals surface area contributed by atoms with E-state index in [-0.39, 0.29) is 17.9 Å². The van der Waals surface area contributed by atoms with Crippen LogP contribution in [0.4, 0.5) is 5.82 Å². The Morgan fingerprint density at radius 2 is 2.03 bits per heavy atom. The Hall–Kier alpha value is -2.48. The summed E-state index contributed by atoms with van der Waals surface area (Å²) < 4.78 is 1.82. The van der Waals surface area contributed by atoms with E-state index in [0.717, 1.165) is 54.5 Å². The normalized spacial score (nSPS) is 19.2. The first-order chi connectivity index (χ1) is 13.8. The monoisotopic (exact) mass is 399 g/mol. The third-order valence-corrected chi connectivity index (χ3v) is 5.61. The van der Waals surface area contributed by atoms with Crippen LogP contribution in [0.2, 0.25) is 0 Å². The number of anilines is 1. The van der Waals surface area contributed by atoms with E-state index in [0.29, 0.717) is 6.54 Å². The van der Waals surface area contributed by atoms with E-state index in [4.69, 9.17) is 4.98 Å². The maximum atomic E-state index is 12.7. The van der Waals surface area contributed by atoms with Gasteiger partial charge in [0, 0.05) is 43.5 Å². The third kappa shape index (κ3) is 4.93. The molecule has 0 unspecified atom stereocenters. The van der Waals surface area contributed by atoms with E-state index in [9.17, 15) is 4.79 Å². The number of carbonyl (C=O) groups is 1. The van der Waals surface area contributed by atoms with E-state index >= 15 is 0 Å². The predicted molar refractivity (Wildman–Crippen MR) is 114 cm³/mol. The second-order valence-corrected chi connectivity index (χ2v) is 8.18. The molecule has 2 aromatic rings. The van der Waals surface area contributed by atoms with Crippen LogP contribution in [0.1, 0.15) is 41.9 Å². The number of nitrogens with zero attached hydrogens (tertiary/aromatic N) is 6. The Balaban J connectivity index is 1.82. The van der Waals surface area contributed by atoms with Gasteiger partial charge in [-0.2, -0.15) is 5.10 Å². The summed E-state index contributed by atoms with van der Waals surface area (Å²) in [6.07, 6.45) is 4.98. The molecule has 3 rings (SSSR count). The molecule has 0 aliphatic carbocycles. The first kappa shape index (κ1) is 21.2. The van der Waals surface area contributed by atoms with Gasteiger partial charge in [0.2, 0.25) is 5.91 Å². The molecule has 0 spiro atoms. The minimum absolute atomic E-state index is 0.0108. The first-order valence-electron chi connectivity index (χ1n) is 10.3. The summed E-state index contributed by atoms with van der Waals surface area (Å²) >= 11 is 0. The molecule has 1 fully saturated rings. The van der Waals surface area contributed by atoms with E-state index in [1.54, 1.807) is 0 Å². The number of hydrogen-bond donors (Lipinski definition) is 1. The molecule has 3 heterocycles. The van der Waals surface area contributed by atoms with E-state index < -0.39 is 0 Å². The summed E-state index contributed by atoms with van der Waals surface area (Å²) in [4.78, 5) is 26.2. The number of rotatable bonds is 7. The second-order valence-electron chi connectivity index (χ2n) is 8.18. The lowest BCUT2D eigenvalue weighted by molar-refractivity contribution is -0.122. The van der Waals surface area contributed by atoms with Gasteiger partial charge in [-0.3, -0.25) is 14.4 Å². The van der Waals surface area contributed by atoms with Crippen molar-refractivity contribution in [2.24, 2.45) is 7.05 Å². The predicted octanol–water partition coefficient (Wildman–Crippen LogP) is 1.57. The highest BCUT2D eigenvalue weighted by Gasteiger charge is 2.37. The molecule has 1 aliphatic heterocycles. The third-order valence-electron chi connectivity index (χ3n) is 5.61. The van der Waals surface area contributed by atoms with Crippen molar-refractivity contribution < 1.29 is 4.79 Å². The number of nitrogens with one attached hydrogen (secondary N) is 1. The Labute approximate surface area is 173 Å². The largest absolute Gasteiger partial charge is 0.354 e. The molecule has 0 radical (unpaired) electrons. The van der Waals surface area contributed by atoms with E-state index in [2.05, 4.69) is 39.0 Å². The number of aryl methyl sites for hydroxylation is 3. The van der Waals surface area contributed by atoms with Gasteiger partial charge in [0.05, 0.1) is 18.8 Å². The quantitative estimate of drug-likeness (QED) is 0.761.